The SMILES string of the molecule is CCS(=O)c1cc(-c2cccc(SC)c2)cnc1-c1cn2cnc(C(F)(F)F)cc2n1.O. The van der Waals surface area contributed by atoms with Gasteiger partial charge in [-0.05, 0) is 30.0 Å². The van der Waals surface area contributed by atoms with Crippen molar-refractivity contribution in [2.24, 2.45) is 0 Å². The average Bonchev–Trinajstić information content (AvgIpc) is 3.21. The van der Waals surface area contributed by atoms with E-state index in [2.05, 4.69) is 15.0 Å². The number of alkyl halides is 3. The van der Waals surface area contributed by atoms with Gasteiger partial charge >= 0.3 is 6.18 Å². The first kappa shape index (κ1) is 23.9. The molecule has 1 unspecified atom stereocenters. The molecular weight excluding hydrogens is 461 g/mol. The largest absolute Gasteiger partial charge is 0.433 e. The molecule has 0 fully saturated rings. The van der Waals surface area contributed by atoms with E-state index in [1.165, 1.54) is 10.6 Å². The van der Waals surface area contributed by atoms with Gasteiger partial charge in [0.05, 0.1) is 15.7 Å². The number of pyridine rings is 1. The van der Waals surface area contributed by atoms with Crippen LogP contribution in [0.25, 0.3) is 28.2 Å². The highest BCUT2D eigenvalue weighted by molar-refractivity contribution is 7.98. The predicted octanol–water partition coefficient (Wildman–Crippen LogP) is 4.50. The second-order valence-corrected chi connectivity index (χ2v) is 9.19. The van der Waals surface area contributed by atoms with Gasteiger partial charge in [-0.1, -0.05) is 19.1 Å². The maximum absolute atomic E-state index is 13.0. The van der Waals surface area contributed by atoms with Crippen LogP contribution in [0.5, 0.6) is 0 Å². The lowest BCUT2D eigenvalue weighted by atomic mass is 10.1. The lowest BCUT2D eigenvalue weighted by molar-refractivity contribution is -0.141. The molecule has 4 aromatic rings. The van der Waals surface area contributed by atoms with Crippen LogP contribution in [0.15, 0.2) is 64.9 Å². The maximum Gasteiger partial charge on any atom is 0.433 e. The number of imidazole rings is 1. The molecule has 1 aromatic carbocycles. The van der Waals surface area contributed by atoms with E-state index in [-0.39, 0.29) is 11.1 Å². The van der Waals surface area contributed by atoms with E-state index >= 15 is 0 Å². The van der Waals surface area contributed by atoms with Gasteiger partial charge in [0.2, 0.25) is 0 Å². The summed E-state index contributed by atoms with van der Waals surface area (Å²) in [7, 11) is -1.35. The van der Waals surface area contributed by atoms with Gasteiger partial charge in [0.25, 0.3) is 0 Å². The molecule has 0 saturated heterocycles. The lowest BCUT2D eigenvalue weighted by Gasteiger charge is -2.09. The van der Waals surface area contributed by atoms with Crippen LogP contribution in [-0.4, -0.2) is 41.0 Å². The molecule has 2 N–H and O–H groups in total. The number of halogens is 3. The first-order chi connectivity index (χ1) is 14.8. The molecule has 0 aliphatic rings. The van der Waals surface area contributed by atoms with Crippen molar-refractivity contribution >= 4 is 28.2 Å². The third-order valence-corrected chi connectivity index (χ3v) is 6.70. The van der Waals surface area contributed by atoms with E-state index in [0.29, 0.717) is 22.0 Å². The van der Waals surface area contributed by atoms with Gasteiger partial charge in [-0.15, -0.1) is 11.8 Å². The van der Waals surface area contributed by atoms with E-state index < -0.39 is 22.7 Å². The number of rotatable bonds is 5. The molecule has 0 radical (unpaired) electrons. The van der Waals surface area contributed by atoms with Crippen molar-refractivity contribution in [3.8, 4) is 22.5 Å². The summed E-state index contributed by atoms with van der Waals surface area (Å²) in [5.41, 5.74) is 1.52. The van der Waals surface area contributed by atoms with E-state index in [4.69, 9.17) is 0 Å². The molecule has 11 heteroatoms. The van der Waals surface area contributed by atoms with Gasteiger partial charge in [-0.25, -0.2) is 9.97 Å². The molecule has 0 aliphatic carbocycles. The van der Waals surface area contributed by atoms with Crippen molar-refractivity contribution in [2.45, 2.75) is 22.9 Å². The van der Waals surface area contributed by atoms with Crippen LogP contribution in [0, 0.1) is 0 Å². The summed E-state index contributed by atoms with van der Waals surface area (Å²) < 4.78 is 53.1. The summed E-state index contributed by atoms with van der Waals surface area (Å²) >= 11 is 1.62. The molecule has 0 spiro atoms. The van der Waals surface area contributed by atoms with Gasteiger partial charge in [0, 0.05) is 34.7 Å². The zero-order chi connectivity index (χ0) is 22.2. The zero-order valence-corrected chi connectivity index (χ0v) is 18.7. The number of aromatic nitrogens is 4. The smallest absolute Gasteiger partial charge is 0.412 e. The Kier molecular flexibility index (Phi) is 7.01. The second-order valence-electron chi connectivity index (χ2n) is 6.60. The number of hydrogen-bond donors (Lipinski definition) is 0. The zero-order valence-electron chi connectivity index (χ0n) is 17.1. The van der Waals surface area contributed by atoms with E-state index in [1.54, 1.807) is 24.9 Å². The number of thioether (sulfide) groups is 1. The van der Waals surface area contributed by atoms with Crippen LogP contribution < -0.4 is 0 Å². The molecule has 0 amide bonds. The first-order valence-corrected chi connectivity index (χ1v) is 11.8. The molecule has 0 saturated carbocycles. The van der Waals surface area contributed by atoms with E-state index in [1.807, 2.05) is 36.6 Å². The molecule has 0 bridgehead atoms. The van der Waals surface area contributed by atoms with Crippen LogP contribution in [0.1, 0.15) is 12.6 Å². The standard InChI is InChI=1S/C21H17F3N4OS2.H2O/c1-3-31(29)17-8-14(13-5-4-6-15(7-13)30-2)10-25-20(17)16-11-28-12-26-18(21(22,23)24)9-19(28)27-16;/h4-12H,3H2,1-2H3;1H2. The van der Waals surface area contributed by atoms with Crippen molar-refractivity contribution in [3.05, 3.63) is 60.8 Å². The van der Waals surface area contributed by atoms with Crippen molar-refractivity contribution in [1.29, 1.82) is 0 Å². The number of hydrogen-bond acceptors (Lipinski definition) is 5. The molecule has 6 nitrogen and oxygen atoms in total. The maximum atomic E-state index is 13.0. The Balaban J connectivity index is 0.00000289. The van der Waals surface area contributed by atoms with E-state index in [9.17, 15) is 17.4 Å². The average molecular weight is 481 g/mol. The third kappa shape index (κ3) is 4.69. The Morgan fingerprint density at radius 2 is 1.91 bits per heavy atom. The van der Waals surface area contributed by atoms with Gasteiger partial charge in [-0.3, -0.25) is 13.6 Å². The van der Waals surface area contributed by atoms with Crippen molar-refractivity contribution in [3.63, 3.8) is 0 Å². The van der Waals surface area contributed by atoms with E-state index in [0.717, 1.165) is 28.4 Å². The fourth-order valence-corrected chi connectivity index (χ4v) is 4.49. The Labute approximate surface area is 188 Å². The highest BCUT2D eigenvalue weighted by atomic mass is 32.2. The minimum Gasteiger partial charge on any atom is -0.412 e. The highest BCUT2D eigenvalue weighted by Crippen LogP contribution is 2.32. The summed E-state index contributed by atoms with van der Waals surface area (Å²) in [6, 6.07) is 10.6. The van der Waals surface area contributed by atoms with Gasteiger partial charge < -0.3 is 5.48 Å². The minimum absolute atomic E-state index is 0. The van der Waals surface area contributed by atoms with Crippen LogP contribution in [-0.2, 0) is 17.0 Å². The summed E-state index contributed by atoms with van der Waals surface area (Å²) in [5, 5.41) is 0. The molecule has 3 heterocycles. The molecule has 3 aromatic heterocycles. The Hall–Kier alpha value is -2.76. The van der Waals surface area contributed by atoms with Crippen LogP contribution in [0.3, 0.4) is 0 Å². The second kappa shape index (κ2) is 9.39. The van der Waals surface area contributed by atoms with Crippen molar-refractivity contribution < 1.29 is 22.9 Å². The Morgan fingerprint density at radius 3 is 2.59 bits per heavy atom. The molecule has 168 valence electrons. The number of fused-ring (bicyclic) bond motifs is 1. The van der Waals surface area contributed by atoms with Gasteiger partial charge in [0.1, 0.15) is 29.1 Å². The lowest BCUT2D eigenvalue weighted by Crippen LogP contribution is -2.08. The van der Waals surface area contributed by atoms with Crippen LogP contribution in [0.2, 0.25) is 0 Å². The first-order valence-electron chi connectivity index (χ1n) is 9.25. The monoisotopic (exact) mass is 480 g/mol. The molecular formula is C21H19F3N4O2S2. The fraction of sp³-hybridized carbons (Fsp3) is 0.190. The topological polar surface area (TPSA) is 91.7 Å². The summed E-state index contributed by atoms with van der Waals surface area (Å²) in [4.78, 5) is 13.8. The molecule has 4 rings (SSSR count). The summed E-state index contributed by atoms with van der Waals surface area (Å²) in [6.45, 7) is 1.80. The van der Waals surface area contributed by atoms with Gasteiger partial charge in [0.15, 0.2) is 0 Å². The number of nitrogens with zero attached hydrogens (tertiary/aromatic N) is 4. The fourth-order valence-electron chi connectivity index (χ4n) is 3.09. The normalized spacial score (nSPS) is 12.5. The number of benzene rings is 1. The summed E-state index contributed by atoms with van der Waals surface area (Å²) in [5.74, 6) is 0.371. The Bertz CT molecular complexity index is 1290. The van der Waals surface area contributed by atoms with Crippen LogP contribution in [0.4, 0.5) is 13.2 Å². The van der Waals surface area contributed by atoms with Crippen molar-refractivity contribution in [1.82, 2.24) is 19.4 Å². The molecule has 0 aliphatic heterocycles. The quantitative estimate of drug-likeness (QED) is 0.392. The van der Waals surface area contributed by atoms with Crippen molar-refractivity contribution in [2.75, 3.05) is 12.0 Å². The highest BCUT2D eigenvalue weighted by Gasteiger charge is 2.33. The van der Waals surface area contributed by atoms with Crippen LogP contribution >= 0.6 is 11.8 Å². The summed E-state index contributed by atoms with van der Waals surface area (Å²) in [6.07, 6.45) is 1.69. The minimum atomic E-state index is -4.56. The molecule has 1 atom stereocenters. The Morgan fingerprint density at radius 1 is 1.12 bits per heavy atom. The third-order valence-electron chi connectivity index (χ3n) is 4.64. The molecule has 32 heavy (non-hydrogen) atoms. The predicted molar refractivity (Wildman–Crippen MR) is 119 cm³/mol. The van der Waals surface area contributed by atoms with Gasteiger partial charge in [-0.2, -0.15) is 13.2 Å².